The highest BCUT2D eigenvalue weighted by molar-refractivity contribution is 9.10. The molecule has 0 spiro atoms. The maximum absolute atomic E-state index is 14.4. The largest absolute Gasteiger partial charge is 0.328 e. The number of nitrogens with two attached hydrogens (primary N) is 1. The Morgan fingerprint density at radius 1 is 1.71 bits per heavy atom. The van der Waals surface area contributed by atoms with Gasteiger partial charge in [0.15, 0.2) is 10.3 Å². The smallest absolute Gasteiger partial charge is 0.156 e. The average Bonchev–Trinajstić information content (AvgIpc) is 2.58. The van der Waals surface area contributed by atoms with Crippen LogP contribution in [0.4, 0.5) is 4.39 Å². The van der Waals surface area contributed by atoms with E-state index in [1.165, 1.54) is 4.68 Å². The Kier molecular flexibility index (Phi) is 2.35. The van der Waals surface area contributed by atoms with Crippen molar-refractivity contribution in [3.63, 3.8) is 0 Å². The van der Waals surface area contributed by atoms with Crippen LogP contribution in [0.15, 0.2) is 4.60 Å². The second kappa shape index (κ2) is 3.27. The third kappa shape index (κ3) is 1.46. The molecule has 2 N–H and O–H groups in total. The van der Waals surface area contributed by atoms with Gasteiger partial charge in [-0.1, -0.05) is 5.21 Å². The summed E-state index contributed by atoms with van der Waals surface area (Å²) in [6.07, 6.45) is 1.52. The summed E-state index contributed by atoms with van der Waals surface area (Å²) in [5, 5.41) is 7.55. The molecule has 78 valence electrons. The molecule has 0 saturated heterocycles. The first-order valence-corrected chi connectivity index (χ1v) is 5.32. The van der Waals surface area contributed by atoms with Crippen molar-refractivity contribution in [1.82, 2.24) is 15.0 Å². The van der Waals surface area contributed by atoms with Crippen LogP contribution < -0.4 is 5.73 Å². The standard InChI is InChI=1S/C8H12BrFN4/c1-14-6(7(9)12-13-14)8(10)3-2-5(11)4-8/h5H,2-4,11H2,1H3. The molecule has 1 aliphatic carbocycles. The van der Waals surface area contributed by atoms with E-state index in [0.717, 1.165) is 0 Å². The zero-order valence-electron chi connectivity index (χ0n) is 7.87. The van der Waals surface area contributed by atoms with E-state index in [1.54, 1.807) is 7.05 Å². The van der Waals surface area contributed by atoms with Crippen molar-refractivity contribution in [2.24, 2.45) is 12.8 Å². The van der Waals surface area contributed by atoms with Gasteiger partial charge >= 0.3 is 0 Å². The zero-order valence-corrected chi connectivity index (χ0v) is 9.46. The summed E-state index contributed by atoms with van der Waals surface area (Å²) in [5.74, 6) is 0. The van der Waals surface area contributed by atoms with Crippen LogP contribution in [0.1, 0.15) is 25.0 Å². The molecular formula is C8H12BrFN4. The van der Waals surface area contributed by atoms with Gasteiger partial charge in [-0.05, 0) is 28.8 Å². The first-order chi connectivity index (χ1) is 6.53. The van der Waals surface area contributed by atoms with E-state index in [4.69, 9.17) is 5.73 Å². The van der Waals surface area contributed by atoms with Crippen molar-refractivity contribution >= 4 is 15.9 Å². The molecule has 0 aliphatic heterocycles. The van der Waals surface area contributed by atoms with Crippen LogP contribution in [0.25, 0.3) is 0 Å². The number of alkyl halides is 1. The minimum Gasteiger partial charge on any atom is -0.328 e. The van der Waals surface area contributed by atoms with Gasteiger partial charge in [0.25, 0.3) is 0 Å². The highest BCUT2D eigenvalue weighted by Gasteiger charge is 2.43. The van der Waals surface area contributed by atoms with Gasteiger partial charge in [-0.2, -0.15) is 0 Å². The number of hydrogen-bond donors (Lipinski definition) is 1. The monoisotopic (exact) mass is 262 g/mol. The zero-order chi connectivity index (χ0) is 10.3. The Labute approximate surface area is 89.8 Å². The lowest BCUT2D eigenvalue weighted by Crippen LogP contribution is -2.24. The molecule has 1 aromatic rings. The van der Waals surface area contributed by atoms with Gasteiger partial charge in [-0.15, -0.1) is 5.10 Å². The summed E-state index contributed by atoms with van der Waals surface area (Å²) in [7, 11) is 1.69. The van der Waals surface area contributed by atoms with E-state index in [2.05, 4.69) is 26.2 Å². The number of nitrogens with zero attached hydrogens (tertiary/aromatic N) is 3. The fraction of sp³-hybridized carbons (Fsp3) is 0.750. The highest BCUT2D eigenvalue weighted by atomic mass is 79.9. The molecular weight excluding hydrogens is 251 g/mol. The van der Waals surface area contributed by atoms with Gasteiger partial charge in [0.05, 0.1) is 0 Å². The molecule has 4 nitrogen and oxygen atoms in total. The normalized spacial score (nSPS) is 32.4. The Hall–Kier alpha value is -0.490. The molecule has 6 heteroatoms. The molecule has 14 heavy (non-hydrogen) atoms. The van der Waals surface area contributed by atoms with Crippen molar-refractivity contribution in [3.8, 4) is 0 Å². The van der Waals surface area contributed by atoms with Crippen LogP contribution in [-0.2, 0) is 12.7 Å². The summed E-state index contributed by atoms with van der Waals surface area (Å²) >= 11 is 3.21. The molecule has 2 rings (SSSR count). The topological polar surface area (TPSA) is 56.7 Å². The minimum atomic E-state index is -1.36. The fourth-order valence-corrected chi connectivity index (χ4v) is 2.74. The maximum Gasteiger partial charge on any atom is 0.156 e. The van der Waals surface area contributed by atoms with E-state index in [9.17, 15) is 4.39 Å². The second-order valence-corrected chi connectivity index (χ2v) is 4.57. The molecule has 0 radical (unpaired) electrons. The number of aryl methyl sites for hydroxylation is 1. The van der Waals surface area contributed by atoms with Crippen molar-refractivity contribution < 1.29 is 4.39 Å². The Bertz CT molecular complexity index is 334. The number of hydrogen-bond acceptors (Lipinski definition) is 3. The molecule has 1 heterocycles. The predicted molar refractivity (Wildman–Crippen MR) is 53.3 cm³/mol. The van der Waals surface area contributed by atoms with Gasteiger partial charge in [0.2, 0.25) is 0 Å². The molecule has 0 bridgehead atoms. The third-order valence-corrected chi connectivity index (χ3v) is 3.24. The van der Waals surface area contributed by atoms with Crippen LogP contribution in [0.3, 0.4) is 0 Å². The van der Waals surface area contributed by atoms with Crippen LogP contribution in [0.2, 0.25) is 0 Å². The molecule has 0 aromatic carbocycles. The lowest BCUT2D eigenvalue weighted by Gasteiger charge is -2.19. The van der Waals surface area contributed by atoms with Crippen LogP contribution in [-0.4, -0.2) is 21.0 Å². The average molecular weight is 263 g/mol. The molecule has 2 unspecified atom stereocenters. The van der Waals surface area contributed by atoms with E-state index < -0.39 is 5.67 Å². The first kappa shape index (κ1) is 10.0. The van der Waals surface area contributed by atoms with Crippen molar-refractivity contribution in [1.29, 1.82) is 0 Å². The number of aromatic nitrogens is 3. The lowest BCUT2D eigenvalue weighted by atomic mass is 10.0. The van der Waals surface area contributed by atoms with E-state index >= 15 is 0 Å². The molecule has 1 saturated carbocycles. The Balaban J connectivity index is 2.39. The van der Waals surface area contributed by atoms with Crippen LogP contribution >= 0.6 is 15.9 Å². The van der Waals surface area contributed by atoms with Gasteiger partial charge < -0.3 is 5.73 Å². The summed E-state index contributed by atoms with van der Waals surface area (Å²) in [6.45, 7) is 0. The first-order valence-electron chi connectivity index (χ1n) is 4.53. The molecule has 0 amide bonds. The van der Waals surface area contributed by atoms with Gasteiger partial charge in [0, 0.05) is 19.5 Å². The Morgan fingerprint density at radius 3 is 2.86 bits per heavy atom. The van der Waals surface area contributed by atoms with Crippen molar-refractivity contribution in [3.05, 3.63) is 10.3 Å². The lowest BCUT2D eigenvalue weighted by molar-refractivity contribution is 0.158. The summed E-state index contributed by atoms with van der Waals surface area (Å²) < 4.78 is 16.4. The maximum atomic E-state index is 14.4. The fourth-order valence-electron chi connectivity index (χ4n) is 2.06. The third-order valence-electron chi connectivity index (χ3n) is 2.71. The minimum absolute atomic E-state index is 0.0539. The molecule has 1 aliphatic rings. The number of halogens is 2. The van der Waals surface area contributed by atoms with Crippen LogP contribution in [0.5, 0.6) is 0 Å². The molecule has 1 fully saturated rings. The van der Waals surface area contributed by atoms with Crippen LogP contribution in [0, 0.1) is 0 Å². The van der Waals surface area contributed by atoms with Gasteiger partial charge in [-0.25, -0.2) is 9.07 Å². The predicted octanol–water partition coefficient (Wildman–Crippen LogP) is 1.25. The summed E-state index contributed by atoms with van der Waals surface area (Å²) in [6, 6.07) is -0.0539. The molecule has 1 aromatic heterocycles. The van der Waals surface area contributed by atoms with E-state index in [0.29, 0.717) is 29.6 Å². The summed E-state index contributed by atoms with van der Waals surface area (Å²) in [4.78, 5) is 0. The van der Waals surface area contributed by atoms with E-state index in [-0.39, 0.29) is 6.04 Å². The number of rotatable bonds is 1. The van der Waals surface area contributed by atoms with Gasteiger partial charge in [-0.3, -0.25) is 0 Å². The summed E-state index contributed by atoms with van der Waals surface area (Å²) in [5.41, 5.74) is 4.85. The van der Waals surface area contributed by atoms with Crippen molar-refractivity contribution in [2.45, 2.75) is 31.0 Å². The highest BCUT2D eigenvalue weighted by Crippen LogP contribution is 2.43. The Morgan fingerprint density at radius 2 is 2.43 bits per heavy atom. The van der Waals surface area contributed by atoms with Crippen molar-refractivity contribution in [2.75, 3.05) is 0 Å². The van der Waals surface area contributed by atoms with E-state index in [1.807, 2.05) is 0 Å². The quantitative estimate of drug-likeness (QED) is 0.829. The van der Waals surface area contributed by atoms with Gasteiger partial charge in [0.1, 0.15) is 5.69 Å². The molecule has 2 atom stereocenters. The second-order valence-electron chi connectivity index (χ2n) is 3.82. The SMILES string of the molecule is Cn1nnc(Br)c1C1(F)CCC(N)C1.